The Labute approximate surface area is 290 Å². The van der Waals surface area contributed by atoms with E-state index in [1.807, 2.05) is 88.4 Å². The molecule has 6 N–H and O–H groups in total. The van der Waals surface area contributed by atoms with Crippen molar-refractivity contribution in [1.29, 1.82) is 0 Å². The fourth-order valence-corrected chi connectivity index (χ4v) is 5.00. The Kier molecular flexibility index (Phi) is 17.2. The molecule has 0 spiro atoms. The molecule has 0 unspecified atom stereocenters. The van der Waals surface area contributed by atoms with E-state index in [0.29, 0.717) is 12.8 Å². The summed E-state index contributed by atoms with van der Waals surface area (Å²) in [4.78, 5) is 78.0. The van der Waals surface area contributed by atoms with Crippen molar-refractivity contribution in [3.63, 3.8) is 0 Å². The van der Waals surface area contributed by atoms with Crippen LogP contribution in [0.3, 0.4) is 0 Å². The number of nitrogens with one attached hydrogen (secondary N) is 6. The van der Waals surface area contributed by atoms with Crippen LogP contribution in [0, 0.1) is 11.8 Å². The van der Waals surface area contributed by atoms with Crippen LogP contribution in [0.2, 0.25) is 0 Å². The average molecular weight is 679 g/mol. The third kappa shape index (κ3) is 15.5. The van der Waals surface area contributed by atoms with E-state index in [-0.39, 0.29) is 42.5 Å². The van der Waals surface area contributed by atoms with E-state index in [9.17, 15) is 28.8 Å². The van der Waals surface area contributed by atoms with Crippen LogP contribution >= 0.6 is 0 Å². The Hall–Kier alpha value is -4.58. The highest BCUT2D eigenvalue weighted by atomic mass is 16.2. The number of rotatable bonds is 20. The van der Waals surface area contributed by atoms with Gasteiger partial charge in [0.1, 0.15) is 18.1 Å². The predicted molar refractivity (Wildman–Crippen MR) is 189 cm³/mol. The Balaban J connectivity index is 2.01. The molecule has 49 heavy (non-hydrogen) atoms. The minimum Gasteiger partial charge on any atom is -0.345 e. The quantitative estimate of drug-likeness (QED) is 0.124. The van der Waals surface area contributed by atoms with Gasteiger partial charge in [-0.2, -0.15) is 0 Å². The summed E-state index contributed by atoms with van der Waals surface area (Å²) in [6.45, 7) is 12.2. The molecule has 2 rings (SSSR count). The van der Waals surface area contributed by atoms with Crippen molar-refractivity contribution in [3.05, 3.63) is 71.8 Å². The molecule has 0 aromatic heterocycles. The monoisotopic (exact) mass is 678 g/mol. The van der Waals surface area contributed by atoms with Crippen molar-refractivity contribution in [2.45, 2.75) is 97.9 Å². The van der Waals surface area contributed by atoms with Gasteiger partial charge in [-0.1, -0.05) is 102 Å². The van der Waals surface area contributed by atoms with Gasteiger partial charge in [-0.25, -0.2) is 0 Å². The van der Waals surface area contributed by atoms with Crippen LogP contribution in [0.25, 0.3) is 0 Å². The van der Waals surface area contributed by atoms with E-state index in [0.717, 1.165) is 11.1 Å². The Morgan fingerprint density at radius 3 is 1.55 bits per heavy atom. The zero-order valence-corrected chi connectivity index (χ0v) is 29.8. The summed E-state index contributed by atoms with van der Waals surface area (Å²) in [7, 11) is 0. The van der Waals surface area contributed by atoms with Crippen molar-refractivity contribution in [1.82, 2.24) is 31.9 Å². The number of benzene rings is 2. The van der Waals surface area contributed by atoms with Crippen molar-refractivity contribution < 1.29 is 28.8 Å². The lowest BCUT2D eigenvalue weighted by Crippen LogP contribution is -2.56. The number of hydrogen-bond acceptors (Lipinski definition) is 7. The van der Waals surface area contributed by atoms with Gasteiger partial charge in [-0.3, -0.25) is 28.8 Å². The maximum absolute atomic E-state index is 13.4. The topological polar surface area (TPSA) is 175 Å². The molecule has 0 heterocycles. The maximum atomic E-state index is 13.4. The first-order valence-corrected chi connectivity index (χ1v) is 17.0. The predicted octanol–water partition coefficient (Wildman–Crippen LogP) is 1.82. The second-order valence-corrected chi connectivity index (χ2v) is 13.4. The molecule has 5 amide bonds. The maximum Gasteiger partial charge on any atom is 0.243 e. The molecule has 0 aliphatic rings. The molecular weight excluding hydrogens is 624 g/mol. The van der Waals surface area contributed by atoms with Gasteiger partial charge in [-0.15, -0.1) is 0 Å². The van der Waals surface area contributed by atoms with Crippen molar-refractivity contribution >= 4 is 35.3 Å². The van der Waals surface area contributed by atoms with Gasteiger partial charge in [0.25, 0.3) is 0 Å². The zero-order valence-electron chi connectivity index (χ0n) is 29.8. The van der Waals surface area contributed by atoms with E-state index in [1.54, 1.807) is 13.8 Å². The summed E-state index contributed by atoms with van der Waals surface area (Å²) in [5, 5.41) is 16.4. The number of hydrogen-bond donors (Lipinski definition) is 6. The fourth-order valence-electron chi connectivity index (χ4n) is 5.00. The summed E-state index contributed by atoms with van der Waals surface area (Å²) >= 11 is 0. The fraction of sp³-hybridized carbons (Fsp3) is 0.514. The minimum atomic E-state index is -1.03. The van der Waals surface area contributed by atoms with Crippen LogP contribution in [0.15, 0.2) is 60.7 Å². The second kappa shape index (κ2) is 20.7. The molecule has 12 nitrogen and oxygen atoms in total. The average Bonchev–Trinajstić information content (AvgIpc) is 3.05. The summed E-state index contributed by atoms with van der Waals surface area (Å²) in [5.74, 6) is -3.01. The van der Waals surface area contributed by atoms with Gasteiger partial charge in [-0.05, 0) is 36.8 Å². The van der Waals surface area contributed by atoms with Gasteiger partial charge in [0.2, 0.25) is 29.5 Å². The molecule has 268 valence electrons. The number of carbonyl (C=O) groups excluding carboxylic acids is 6. The first-order chi connectivity index (χ1) is 23.2. The summed E-state index contributed by atoms with van der Waals surface area (Å²) in [6, 6.07) is 15.0. The molecule has 0 saturated carbocycles. The third-order valence-corrected chi connectivity index (χ3v) is 7.65. The van der Waals surface area contributed by atoms with Gasteiger partial charge in [0.05, 0.1) is 19.1 Å². The molecule has 2 aromatic carbocycles. The molecule has 12 heteroatoms. The van der Waals surface area contributed by atoms with Crippen LogP contribution in [-0.4, -0.2) is 78.6 Å². The lowest BCUT2D eigenvalue weighted by Gasteiger charge is -2.25. The number of carbonyl (C=O) groups is 6. The zero-order chi connectivity index (χ0) is 36.5. The summed E-state index contributed by atoms with van der Waals surface area (Å²) in [5.41, 5.74) is 1.72. The number of Topliss-reactive ketones (excluding diaryl/α,β-unsaturated/α-hetero) is 1. The van der Waals surface area contributed by atoms with Crippen molar-refractivity contribution in [2.75, 3.05) is 13.1 Å². The largest absolute Gasteiger partial charge is 0.345 e. The highest BCUT2D eigenvalue weighted by Gasteiger charge is 2.29. The van der Waals surface area contributed by atoms with E-state index in [4.69, 9.17) is 0 Å². The van der Waals surface area contributed by atoms with Crippen LogP contribution in [0.4, 0.5) is 0 Å². The Bertz CT molecular complexity index is 1380. The van der Waals surface area contributed by atoms with Crippen LogP contribution in [0.1, 0.15) is 66.0 Å². The summed E-state index contributed by atoms with van der Waals surface area (Å²) < 4.78 is 0. The van der Waals surface area contributed by atoms with E-state index in [1.165, 1.54) is 6.92 Å². The molecule has 0 bridgehead atoms. The molecule has 0 radical (unpaired) electrons. The molecule has 2 aromatic rings. The highest BCUT2D eigenvalue weighted by molar-refractivity contribution is 5.95. The van der Waals surface area contributed by atoms with E-state index >= 15 is 0 Å². The first kappa shape index (κ1) is 40.6. The van der Waals surface area contributed by atoms with Gasteiger partial charge in [0.15, 0.2) is 5.78 Å². The van der Waals surface area contributed by atoms with E-state index in [2.05, 4.69) is 31.9 Å². The number of amides is 5. The molecule has 0 aliphatic carbocycles. The van der Waals surface area contributed by atoms with Gasteiger partial charge >= 0.3 is 0 Å². The SMILES string of the molecule is CC(C)C[C@H](NC(=O)CNC(=O)[C@H](C)NC(=O)[C@H](Cc1ccccc1)NC(=O)CNC(C)C)C(=O)N[C@@H](Cc1ccccc1)C(=O)C(C)C. The Morgan fingerprint density at radius 2 is 1.04 bits per heavy atom. The standard InChI is InChI=1S/C37H54N6O6/c1-23(2)18-30(37(49)43-29(34(46)24(3)4)19-27-14-10-8-11-15-27)41-33(45)22-39-35(47)26(7)40-36(48)31(20-28-16-12-9-13-17-28)42-32(44)21-38-25(5)6/h8-17,23-26,29-31,38H,18-22H2,1-7H3,(H,39,47)(H,40,48)(H,41,45)(H,42,44)(H,43,49)/t26-,29-,30-,31-/m0/s1. The van der Waals surface area contributed by atoms with Crippen LogP contribution in [-0.2, 0) is 41.6 Å². The molecular formula is C37H54N6O6. The number of ketones is 1. The Morgan fingerprint density at radius 1 is 0.551 bits per heavy atom. The third-order valence-electron chi connectivity index (χ3n) is 7.65. The van der Waals surface area contributed by atoms with Gasteiger partial charge < -0.3 is 31.9 Å². The van der Waals surface area contributed by atoms with Crippen LogP contribution < -0.4 is 31.9 Å². The lowest BCUT2D eigenvalue weighted by molar-refractivity contribution is -0.133. The van der Waals surface area contributed by atoms with Crippen LogP contribution in [0.5, 0.6) is 0 Å². The molecule has 0 saturated heterocycles. The van der Waals surface area contributed by atoms with Crippen molar-refractivity contribution in [3.8, 4) is 0 Å². The smallest absolute Gasteiger partial charge is 0.243 e. The highest BCUT2D eigenvalue weighted by Crippen LogP contribution is 2.11. The normalized spacial score (nSPS) is 13.6. The van der Waals surface area contributed by atoms with Gasteiger partial charge in [0, 0.05) is 18.4 Å². The van der Waals surface area contributed by atoms with E-state index < -0.39 is 54.3 Å². The molecule has 4 atom stereocenters. The first-order valence-electron chi connectivity index (χ1n) is 17.0. The minimum absolute atomic E-state index is 0.0267. The molecule has 0 aliphatic heterocycles. The summed E-state index contributed by atoms with van der Waals surface area (Å²) in [6.07, 6.45) is 0.842. The van der Waals surface area contributed by atoms with Crippen molar-refractivity contribution in [2.24, 2.45) is 11.8 Å². The lowest BCUT2D eigenvalue weighted by atomic mass is 9.94. The second-order valence-electron chi connectivity index (χ2n) is 13.4. The molecule has 0 fully saturated rings.